The quantitative estimate of drug-likeness (QED) is 0.764. The van der Waals surface area contributed by atoms with Crippen LogP contribution in [0.3, 0.4) is 0 Å². The van der Waals surface area contributed by atoms with Crippen LogP contribution in [0.25, 0.3) is 11.3 Å². The van der Waals surface area contributed by atoms with E-state index in [4.69, 9.17) is 10.1 Å². The van der Waals surface area contributed by atoms with Crippen LogP contribution in [0.4, 0.5) is 24.7 Å². The monoisotopic (exact) mass is 438 g/mol. The Labute approximate surface area is 177 Å². The van der Waals surface area contributed by atoms with E-state index in [1.165, 1.54) is 4.57 Å². The molecule has 0 aliphatic carbocycles. The van der Waals surface area contributed by atoms with Gasteiger partial charge in [0, 0.05) is 25.2 Å². The largest absolute Gasteiger partial charge is 0.390 e. The Kier molecular flexibility index (Phi) is 5.67. The Morgan fingerprint density at radius 3 is 2.42 bits per heavy atom. The number of benzene rings is 1. The Morgan fingerprint density at radius 1 is 1.16 bits per heavy atom. The number of rotatable bonds is 4. The number of hydrogen-bond donors (Lipinski definition) is 2. The van der Waals surface area contributed by atoms with E-state index < -0.39 is 19.1 Å². The SMILES string of the molecule is CC1CN(c2c(-c3ccccc3)nc(=N)n3c2N(O)N(CCC(F)(F)F)C3)CC(C)O1. The van der Waals surface area contributed by atoms with Crippen molar-refractivity contribution in [2.75, 3.05) is 29.7 Å². The van der Waals surface area contributed by atoms with Gasteiger partial charge in [-0.2, -0.15) is 23.4 Å². The van der Waals surface area contributed by atoms with E-state index in [0.717, 1.165) is 15.7 Å². The van der Waals surface area contributed by atoms with Crippen LogP contribution in [0.15, 0.2) is 30.3 Å². The zero-order chi connectivity index (χ0) is 22.3. The second kappa shape index (κ2) is 8.13. The molecule has 168 valence electrons. The van der Waals surface area contributed by atoms with E-state index in [0.29, 0.717) is 24.5 Å². The molecule has 0 saturated carbocycles. The highest BCUT2D eigenvalue weighted by Gasteiger charge is 2.38. The van der Waals surface area contributed by atoms with Crippen molar-refractivity contribution in [3.8, 4) is 11.3 Å². The lowest BCUT2D eigenvalue weighted by Gasteiger charge is -2.38. The number of fused-ring (bicyclic) bond motifs is 1. The minimum Gasteiger partial charge on any atom is -0.372 e. The summed E-state index contributed by atoms with van der Waals surface area (Å²) >= 11 is 0. The number of morpholine rings is 1. The highest BCUT2D eigenvalue weighted by molar-refractivity contribution is 5.84. The number of ether oxygens (including phenoxy) is 1. The summed E-state index contributed by atoms with van der Waals surface area (Å²) in [6.07, 6.45) is -5.60. The first-order valence-electron chi connectivity index (χ1n) is 10.1. The van der Waals surface area contributed by atoms with Crippen LogP contribution >= 0.6 is 0 Å². The van der Waals surface area contributed by atoms with E-state index in [-0.39, 0.29) is 30.3 Å². The highest BCUT2D eigenvalue weighted by atomic mass is 19.4. The molecule has 3 heterocycles. The minimum absolute atomic E-state index is 0.0846. The summed E-state index contributed by atoms with van der Waals surface area (Å²) in [6, 6.07) is 9.27. The van der Waals surface area contributed by atoms with Crippen molar-refractivity contribution >= 4 is 11.5 Å². The van der Waals surface area contributed by atoms with Crippen molar-refractivity contribution in [1.82, 2.24) is 14.6 Å². The Balaban J connectivity index is 1.83. The van der Waals surface area contributed by atoms with Gasteiger partial charge in [0.25, 0.3) is 0 Å². The predicted molar refractivity (Wildman–Crippen MR) is 107 cm³/mol. The van der Waals surface area contributed by atoms with Gasteiger partial charge in [0.1, 0.15) is 18.1 Å². The second-order valence-corrected chi connectivity index (χ2v) is 7.94. The van der Waals surface area contributed by atoms with Gasteiger partial charge in [0.05, 0.1) is 18.6 Å². The summed E-state index contributed by atoms with van der Waals surface area (Å²) < 4.78 is 45.6. The molecule has 0 bridgehead atoms. The summed E-state index contributed by atoms with van der Waals surface area (Å²) in [7, 11) is 0. The average Bonchev–Trinajstić information content (AvgIpc) is 3.03. The van der Waals surface area contributed by atoms with Crippen LogP contribution < -0.4 is 15.7 Å². The third-order valence-corrected chi connectivity index (χ3v) is 5.36. The van der Waals surface area contributed by atoms with Gasteiger partial charge in [-0.1, -0.05) is 30.3 Å². The van der Waals surface area contributed by atoms with Crippen molar-refractivity contribution in [2.45, 2.75) is 45.3 Å². The molecule has 1 fully saturated rings. The van der Waals surface area contributed by atoms with Crippen molar-refractivity contribution in [3.63, 3.8) is 0 Å². The Hall–Kier alpha value is -2.63. The predicted octanol–water partition coefficient (Wildman–Crippen LogP) is 2.98. The fourth-order valence-electron chi connectivity index (χ4n) is 4.12. The van der Waals surface area contributed by atoms with Gasteiger partial charge >= 0.3 is 6.18 Å². The maximum absolute atomic E-state index is 12.8. The molecule has 8 nitrogen and oxygen atoms in total. The number of nitrogens with one attached hydrogen (secondary N) is 1. The molecule has 0 amide bonds. The van der Waals surface area contributed by atoms with E-state index in [1.807, 2.05) is 49.1 Å². The maximum Gasteiger partial charge on any atom is 0.390 e. The lowest BCUT2D eigenvalue weighted by molar-refractivity contribution is -0.141. The molecule has 2 aliphatic rings. The third kappa shape index (κ3) is 4.39. The average molecular weight is 438 g/mol. The topological polar surface area (TPSA) is 80.9 Å². The lowest BCUT2D eigenvalue weighted by atomic mass is 10.1. The first-order valence-corrected chi connectivity index (χ1v) is 10.1. The van der Waals surface area contributed by atoms with Crippen LogP contribution in [-0.2, 0) is 11.4 Å². The number of aromatic nitrogens is 2. The van der Waals surface area contributed by atoms with Crippen LogP contribution in [-0.4, -0.2) is 57.8 Å². The van der Waals surface area contributed by atoms with Crippen LogP contribution in [0.1, 0.15) is 20.3 Å². The Morgan fingerprint density at radius 2 is 1.81 bits per heavy atom. The fourth-order valence-corrected chi connectivity index (χ4v) is 4.12. The van der Waals surface area contributed by atoms with E-state index in [2.05, 4.69) is 4.98 Å². The standard InChI is InChI=1S/C20H25F3N6O2/c1-13-10-26(11-14(2)31-13)17-16(15-6-4-3-5-7-15)25-19(24)28-12-27(29(30)18(17)28)9-8-20(21,22)23/h3-7,13-14,24,30H,8-12H2,1-2H3. The molecule has 2 aliphatic heterocycles. The summed E-state index contributed by atoms with van der Waals surface area (Å²) in [5.74, 6) is 0.238. The van der Waals surface area contributed by atoms with Crippen molar-refractivity contribution < 1.29 is 23.1 Å². The molecular formula is C20H25F3N6O2. The molecule has 1 saturated heterocycles. The van der Waals surface area contributed by atoms with Gasteiger partial charge in [-0.05, 0) is 13.8 Å². The highest BCUT2D eigenvalue weighted by Crippen LogP contribution is 2.40. The molecule has 31 heavy (non-hydrogen) atoms. The summed E-state index contributed by atoms with van der Waals surface area (Å²) in [5.41, 5.74) is 1.68. The zero-order valence-corrected chi connectivity index (χ0v) is 17.3. The van der Waals surface area contributed by atoms with Crippen molar-refractivity contribution in [1.29, 1.82) is 5.41 Å². The maximum atomic E-state index is 12.8. The molecule has 11 heteroatoms. The van der Waals surface area contributed by atoms with E-state index in [9.17, 15) is 18.4 Å². The van der Waals surface area contributed by atoms with Crippen molar-refractivity contribution in [2.24, 2.45) is 0 Å². The first-order chi connectivity index (χ1) is 14.6. The van der Waals surface area contributed by atoms with Crippen LogP contribution in [0.2, 0.25) is 0 Å². The Bertz CT molecular complexity index is 987. The smallest absolute Gasteiger partial charge is 0.372 e. The minimum atomic E-state index is -4.35. The van der Waals surface area contributed by atoms with E-state index >= 15 is 0 Å². The molecule has 2 N–H and O–H groups in total. The molecule has 2 aromatic rings. The fraction of sp³-hybridized carbons (Fsp3) is 0.500. The van der Waals surface area contributed by atoms with Gasteiger partial charge in [0.2, 0.25) is 5.62 Å². The lowest BCUT2D eigenvalue weighted by Crippen LogP contribution is -2.47. The number of hydrogen-bond acceptors (Lipinski definition) is 7. The van der Waals surface area contributed by atoms with Crippen LogP contribution in [0, 0.1) is 5.41 Å². The summed E-state index contributed by atoms with van der Waals surface area (Å²) in [4.78, 5) is 6.50. The number of hydrazine groups is 1. The molecule has 1 aromatic carbocycles. The second-order valence-electron chi connectivity index (χ2n) is 7.94. The van der Waals surface area contributed by atoms with Gasteiger partial charge in [0.15, 0.2) is 5.82 Å². The number of alkyl halides is 3. The third-order valence-electron chi connectivity index (χ3n) is 5.36. The van der Waals surface area contributed by atoms with Gasteiger partial charge in [-0.15, -0.1) is 0 Å². The summed E-state index contributed by atoms with van der Waals surface area (Å²) in [6.45, 7) is 4.40. The number of halogens is 3. The van der Waals surface area contributed by atoms with Crippen molar-refractivity contribution in [3.05, 3.63) is 36.0 Å². The zero-order valence-electron chi connectivity index (χ0n) is 17.3. The van der Waals surface area contributed by atoms with E-state index in [1.54, 1.807) is 0 Å². The van der Waals surface area contributed by atoms with Gasteiger partial charge in [-0.25, -0.2) is 4.98 Å². The first kappa shape index (κ1) is 21.6. The molecule has 1 aromatic heterocycles. The molecular weight excluding hydrogens is 413 g/mol. The van der Waals surface area contributed by atoms with Gasteiger partial charge in [-0.3, -0.25) is 15.2 Å². The molecule has 0 radical (unpaired) electrons. The molecule has 0 spiro atoms. The molecule has 2 unspecified atom stereocenters. The normalized spacial score (nSPS) is 22.1. The summed E-state index contributed by atoms with van der Waals surface area (Å²) in [5, 5.41) is 21.2. The van der Waals surface area contributed by atoms with Gasteiger partial charge < -0.3 is 9.64 Å². The molecule has 2 atom stereocenters. The van der Waals surface area contributed by atoms with Crippen LogP contribution in [0.5, 0.6) is 0 Å². The number of anilines is 2. The molecule has 4 rings (SSSR count). The number of nitrogens with zero attached hydrogens (tertiary/aromatic N) is 5.